The topological polar surface area (TPSA) is 57.0 Å². The summed E-state index contributed by atoms with van der Waals surface area (Å²) in [7, 11) is 1.88. The van der Waals surface area contributed by atoms with E-state index < -0.39 is 0 Å². The molecule has 0 amide bonds. The summed E-state index contributed by atoms with van der Waals surface area (Å²) in [6.07, 6.45) is 0. The monoisotopic (exact) mass is 381 g/mol. The van der Waals surface area contributed by atoms with Crippen LogP contribution in [0.2, 0.25) is 0 Å². The van der Waals surface area contributed by atoms with Crippen molar-refractivity contribution in [1.82, 2.24) is 14.8 Å². The summed E-state index contributed by atoms with van der Waals surface area (Å²) < 4.78 is 7.68. The molecular weight excluding hydrogens is 358 g/mol. The van der Waals surface area contributed by atoms with Gasteiger partial charge in [-0.3, -0.25) is 4.79 Å². The molecule has 0 N–H and O–H groups in total. The molecular formula is C21H23N3O2S. The van der Waals surface area contributed by atoms with Crippen LogP contribution in [0.4, 0.5) is 0 Å². The molecule has 0 spiro atoms. The van der Waals surface area contributed by atoms with Crippen LogP contribution in [-0.4, -0.2) is 26.3 Å². The minimum Gasteiger partial charge on any atom is -0.486 e. The molecule has 6 heteroatoms. The zero-order valence-electron chi connectivity index (χ0n) is 15.8. The highest BCUT2D eigenvalue weighted by Crippen LogP contribution is 2.21. The average Bonchev–Trinajstić information content (AvgIpc) is 3.05. The third-order valence-corrected chi connectivity index (χ3v) is 5.29. The number of carbonyl (C=O) groups excluding carboxylic acids is 1. The second-order valence-electron chi connectivity index (χ2n) is 6.55. The molecule has 1 heterocycles. The van der Waals surface area contributed by atoms with Gasteiger partial charge in [0.15, 0.2) is 16.8 Å². The summed E-state index contributed by atoms with van der Waals surface area (Å²) in [5.74, 6) is 2.42. The zero-order chi connectivity index (χ0) is 19.2. The van der Waals surface area contributed by atoms with Crippen molar-refractivity contribution in [2.45, 2.75) is 31.5 Å². The Labute approximate surface area is 163 Å². The number of rotatable bonds is 8. The van der Waals surface area contributed by atoms with E-state index in [1.807, 2.05) is 54.1 Å². The molecule has 0 atom stereocenters. The van der Waals surface area contributed by atoms with Crippen molar-refractivity contribution in [2.75, 3.05) is 5.75 Å². The fourth-order valence-electron chi connectivity index (χ4n) is 2.53. The van der Waals surface area contributed by atoms with Crippen LogP contribution in [-0.2, 0) is 13.7 Å². The van der Waals surface area contributed by atoms with Crippen molar-refractivity contribution in [3.63, 3.8) is 0 Å². The molecule has 3 rings (SSSR count). The van der Waals surface area contributed by atoms with Crippen LogP contribution in [0.25, 0.3) is 0 Å². The molecule has 5 nitrogen and oxygen atoms in total. The summed E-state index contributed by atoms with van der Waals surface area (Å²) in [5.41, 5.74) is 1.99. The number of ketones is 1. The predicted octanol–water partition coefficient (Wildman–Crippen LogP) is 4.49. The van der Waals surface area contributed by atoms with E-state index in [-0.39, 0.29) is 5.78 Å². The minimum atomic E-state index is 0.0756. The largest absolute Gasteiger partial charge is 0.486 e. The lowest BCUT2D eigenvalue weighted by atomic mass is 10.0. The first-order valence-corrected chi connectivity index (χ1v) is 9.85. The summed E-state index contributed by atoms with van der Waals surface area (Å²) in [5, 5.41) is 9.06. The van der Waals surface area contributed by atoms with Crippen molar-refractivity contribution >= 4 is 17.5 Å². The Hall–Kier alpha value is -2.60. The molecule has 0 fully saturated rings. The highest BCUT2D eigenvalue weighted by atomic mass is 32.2. The Bertz CT molecular complexity index is 890. The van der Waals surface area contributed by atoms with Gasteiger partial charge in [-0.2, -0.15) is 0 Å². The first-order chi connectivity index (χ1) is 13.0. The molecule has 140 valence electrons. The maximum atomic E-state index is 12.2. The molecule has 0 bridgehead atoms. The normalized spacial score (nSPS) is 11.0. The van der Waals surface area contributed by atoms with Crippen molar-refractivity contribution in [1.29, 1.82) is 0 Å². The van der Waals surface area contributed by atoms with Crippen LogP contribution in [0.1, 0.15) is 41.5 Å². The van der Waals surface area contributed by atoms with Crippen molar-refractivity contribution in [3.05, 3.63) is 71.5 Å². The lowest BCUT2D eigenvalue weighted by molar-refractivity contribution is 0.102. The van der Waals surface area contributed by atoms with Crippen LogP contribution in [0.3, 0.4) is 0 Å². The summed E-state index contributed by atoms with van der Waals surface area (Å²) in [6, 6.07) is 17.4. The van der Waals surface area contributed by atoms with Gasteiger partial charge in [0.2, 0.25) is 0 Å². The molecule has 27 heavy (non-hydrogen) atoms. The standard InChI is InChI=1S/C21H23N3O2S/c1-15(2)16-9-11-18(12-10-16)26-13-20-22-23-21(24(20)3)27-14-19(25)17-7-5-4-6-8-17/h4-12,15H,13-14H2,1-3H3. The van der Waals surface area contributed by atoms with Gasteiger partial charge in [-0.05, 0) is 23.6 Å². The highest BCUT2D eigenvalue weighted by molar-refractivity contribution is 7.99. The lowest BCUT2D eigenvalue weighted by Crippen LogP contribution is -2.06. The number of hydrogen-bond acceptors (Lipinski definition) is 5. The Morgan fingerprint density at radius 1 is 1.07 bits per heavy atom. The molecule has 2 aromatic carbocycles. The van der Waals surface area contributed by atoms with Crippen molar-refractivity contribution in [2.24, 2.45) is 7.05 Å². The maximum absolute atomic E-state index is 12.2. The minimum absolute atomic E-state index is 0.0756. The van der Waals surface area contributed by atoms with E-state index in [2.05, 4.69) is 36.2 Å². The van der Waals surface area contributed by atoms with Gasteiger partial charge in [0.25, 0.3) is 0 Å². The molecule has 3 aromatic rings. The van der Waals surface area contributed by atoms with Gasteiger partial charge >= 0.3 is 0 Å². The lowest BCUT2D eigenvalue weighted by Gasteiger charge is -2.09. The van der Waals surface area contributed by atoms with Gasteiger partial charge in [0.05, 0.1) is 5.75 Å². The second kappa shape index (κ2) is 8.86. The number of benzene rings is 2. The number of nitrogens with zero attached hydrogens (tertiary/aromatic N) is 3. The van der Waals surface area contributed by atoms with Gasteiger partial charge < -0.3 is 9.30 Å². The summed E-state index contributed by atoms with van der Waals surface area (Å²) in [4.78, 5) is 12.2. The number of aromatic nitrogens is 3. The third kappa shape index (κ3) is 4.98. The number of carbonyl (C=O) groups is 1. The zero-order valence-corrected chi connectivity index (χ0v) is 16.6. The molecule has 0 aliphatic carbocycles. The molecule has 0 aliphatic heterocycles. The van der Waals surface area contributed by atoms with Gasteiger partial charge in [-0.25, -0.2) is 0 Å². The summed E-state index contributed by atoms with van der Waals surface area (Å²) in [6.45, 7) is 4.66. The smallest absolute Gasteiger partial charge is 0.191 e. The van der Waals surface area contributed by atoms with E-state index >= 15 is 0 Å². The van der Waals surface area contributed by atoms with E-state index in [1.54, 1.807) is 0 Å². The Kier molecular flexibility index (Phi) is 6.29. The van der Waals surface area contributed by atoms with E-state index in [9.17, 15) is 4.79 Å². The van der Waals surface area contributed by atoms with Crippen LogP contribution < -0.4 is 4.74 Å². The quantitative estimate of drug-likeness (QED) is 0.425. The summed E-state index contributed by atoms with van der Waals surface area (Å²) >= 11 is 1.38. The van der Waals surface area contributed by atoms with E-state index in [0.717, 1.165) is 11.6 Å². The highest BCUT2D eigenvalue weighted by Gasteiger charge is 2.13. The molecule has 0 unspecified atom stereocenters. The first kappa shape index (κ1) is 19.2. The third-order valence-electron chi connectivity index (χ3n) is 4.27. The molecule has 0 saturated carbocycles. The van der Waals surface area contributed by atoms with Crippen LogP contribution in [0, 0.1) is 0 Å². The van der Waals surface area contributed by atoms with Crippen molar-refractivity contribution in [3.8, 4) is 5.75 Å². The van der Waals surface area contributed by atoms with Crippen molar-refractivity contribution < 1.29 is 9.53 Å². The van der Waals surface area contributed by atoms with Crippen LogP contribution >= 0.6 is 11.8 Å². The fraction of sp³-hybridized carbons (Fsp3) is 0.286. The van der Waals surface area contributed by atoms with Gasteiger partial charge in [0.1, 0.15) is 12.4 Å². The van der Waals surface area contributed by atoms with Gasteiger partial charge in [-0.15, -0.1) is 10.2 Å². The number of thioether (sulfide) groups is 1. The van der Waals surface area contributed by atoms with E-state index in [1.165, 1.54) is 17.3 Å². The Balaban J connectivity index is 1.56. The number of hydrogen-bond donors (Lipinski definition) is 0. The first-order valence-electron chi connectivity index (χ1n) is 8.86. The second-order valence-corrected chi connectivity index (χ2v) is 7.49. The number of ether oxygens (including phenoxy) is 1. The Morgan fingerprint density at radius 2 is 1.78 bits per heavy atom. The van der Waals surface area contributed by atoms with E-state index in [4.69, 9.17) is 4.74 Å². The average molecular weight is 382 g/mol. The molecule has 0 aliphatic rings. The maximum Gasteiger partial charge on any atom is 0.191 e. The number of Topliss-reactive ketones (excluding diaryl/α,β-unsaturated/α-hetero) is 1. The van der Waals surface area contributed by atoms with Gasteiger partial charge in [0, 0.05) is 12.6 Å². The SMILES string of the molecule is CC(C)c1ccc(OCc2nnc(SCC(=O)c3ccccc3)n2C)cc1. The Morgan fingerprint density at radius 3 is 2.44 bits per heavy atom. The van der Waals surface area contributed by atoms with Crippen LogP contribution in [0.15, 0.2) is 59.8 Å². The fourth-order valence-corrected chi connectivity index (χ4v) is 3.36. The molecule has 0 saturated heterocycles. The molecule has 0 radical (unpaired) electrons. The van der Waals surface area contributed by atoms with Gasteiger partial charge in [-0.1, -0.05) is 68.1 Å². The predicted molar refractivity (Wildman–Crippen MR) is 107 cm³/mol. The molecule has 1 aromatic heterocycles. The van der Waals surface area contributed by atoms with E-state index in [0.29, 0.717) is 29.0 Å². The van der Waals surface area contributed by atoms with Crippen LogP contribution in [0.5, 0.6) is 5.75 Å².